The molecule has 0 unspecified atom stereocenters. The van der Waals surface area contributed by atoms with E-state index in [0.29, 0.717) is 88.0 Å². The quantitative estimate of drug-likeness (QED) is 0.0127. The Balaban J connectivity index is 0. The van der Waals surface area contributed by atoms with Crippen molar-refractivity contribution in [1.82, 2.24) is 0 Å². The number of esters is 5. The van der Waals surface area contributed by atoms with Crippen LogP contribution in [0.1, 0.15) is 100 Å². The number of ether oxygens (including phenoxy) is 8. The van der Waals surface area contributed by atoms with Crippen molar-refractivity contribution in [1.29, 1.82) is 0 Å². The van der Waals surface area contributed by atoms with E-state index in [4.69, 9.17) is 48.5 Å². The van der Waals surface area contributed by atoms with Gasteiger partial charge in [0.25, 0.3) is 0 Å². The maximum atomic E-state index is 14.8. The molecule has 104 heavy (non-hydrogen) atoms. The normalized spacial score (nSPS) is 10.9. The van der Waals surface area contributed by atoms with Crippen molar-refractivity contribution < 1.29 is 135 Å². The average Bonchev–Trinajstić information content (AvgIpc) is 0.725. The Kier molecular flexibility index (Phi) is 37.4. The minimum Gasteiger partial charge on any atom is -0.508 e. The third-order valence-electron chi connectivity index (χ3n) is 14.1. The van der Waals surface area contributed by atoms with Crippen molar-refractivity contribution in [3.63, 3.8) is 0 Å². The summed E-state index contributed by atoms with van der Waals surface area (Å²) in [7, 11) is 0. The van der Waals surface area contributed by atoms with Crippen LogP contribution in [0, 0.1) is 20.8 Å². The summed E-state index contributed by atoms with van der Waals surface area (Å²) in [5, 5.41) is 27.0. The molecule has 29 heteroatoms. The molecular weight excluding hydrogens is 1400 g/mol. The zero-order valence-corrected chi connectivity index (χ0v) is 51.6. The van der Waals surface area contributed by atoms with E-state index in [1.165, 1.54) is 24.3 Å². The van der Waals surface area contributed by atoms with Crippen LogP contribution in [0.4, 0.5) is 52.7 Å². The molecule has 568 valence electrons. The van der Waals surface area contributed by atoms with Gasteiger partial charge in [-0.15, -0.1) is 0 Å². The minimum absolute atomic E-state index is 0. The maximum absolute atomic E-state index is 14.8. The van der Waals surface area contributed by atoms with Gasteiger partial charge in [0, 0.05) is 18.2 Å². The number of carbonyl (C=O) groups excluding carboxylic acids is 5. The second kappa shape index (κ2) is 41.0. The van der Waals surface area contributed by atoms with Crippen molar-refractivity contribution >= 4 is 35.8 Å². The summed E-state index contributed by atoms with van der Waals surface area (Å²) in [6.07, 6.45) is -20.9. The van der Waals surface area contributed by atoms with Crippen molar-refractivity contribution in [2.75, 3.05) is 20.4 Å². The molecule has 17 nitrogen and oxygen atoms in total. The molecule has 0 aromatic heterocycles. The monoisotopic (exact) mass is 1480 g/mol. The van der Waals surface area contributed by atoms with Crippen LogP contribution in [0.25, 0.3) is 0 Å². The van der Waals surface area contributed by atoms with Gasteiger partial charge in [0.05, 0.1) is 19.3 Å². The second-order valence-corrected chi connectivity index (χ2v) is 20.6. The lowest BCUT2D eigenvalue weighted by molar-refractivity contribution is -0.290. The fourth-order valence-corrected chi connectivity index (χ4v) is 9.25. The van der Waals surface area contributed by atoms with Gasteiger partial charge in [0.1, 0.15) is 40.2 Å². The first-order chi connectivity index (χ1) is 45.9. The Bertz CT molecular complexity index is 3750. The fourth-order valence-electron chi connectivity index (χ4n) is 9.25. The predicted molar refractivity (Wildman–Crippen MR) is 364 cm³/mol. The molecule has 0 fully saturated rings. The number of rotatable bonds is 24. The van der Waals surface area contributed by atoms with Crippen molar-refractivity contribution in [3.05, 3.63) is 245 Å². The summed E-state index contributed by atoms with van der Waals surface area (Å²) in [4.78, 5) is 69.0. The average molecular weight is 1480 g/mol. The molecule has 0 radical (unpaired) electrons. The van der Waals surface area contributed by atoms with Gasteiger partial charge in [-0.3, -0.25) is 14.4 Å². The standard InChI is InChI=1S/C41H34F6O10.C15H10F6O2.C13H14O5.6CH4/c1-5-35(48)54-23-52-33-13-7-27(25(3)19-33)21-37(50)56-31-15-9-29(10-16-31)39(40(42,43)44,41(45,46)47)30-11-17-32(18-12-30)57-38(51)22-28-8-14-34(20-26(28)4)53-24-55-36(49)6-2;16-14(17,18)13(15(19,20)21,9-1-5-11(22)6-2-9)10-3-7-12(23)8-4-10;1-3-13(16)18-8-17-11-5-4-10(7-12(14)15)9(2)6-11;;;;;;/h5-20H,1-2,21-24H2,3-4H3;1-8,22-23H;3-6H,1,7-8H2,2H3,(H,14,15);6*1H4. The minimum atomic E-state index is -5.91. The summed E-state index contributed by atoms with van der Waals surface area (Å²) in [6, 6.07) is 25.0. The van der Waals surface area contributed by atoms with E-state index in [-0.39, 0.29) is 95.7 Å². The molecule has 0 aliphatic rings. The molecule has 0 heterocycles. The third-order valence-corrected chi connectivity index (χ3v) is 14.1. The lowest BCUT2D eigenvalue weighted by atomic mass is 9.73. The SMILES string of the molecule is C.C.C.C.C.C.C=CC(=O)OCOc1ccc(CC(=O)O)c(C)c1.C=CC(=O)OCOc1ccc(CC(=O)Oc2ccc(C(c3ccc(OC(=O)Cc4ccc(OCOC(=O)C=C)cc4C)cc3)(C(F)(F)F)C(F)(F)F)cc2)c(C)c1.Oc1ccc(C(c2ccc(O)cc2)(C(F)(F)F)C(F)(F)F)cc1. The third kappa shape index (κ3) is 24.8. The Morgan fingerprint density at radius 2 is 0.577 bits per heavy atom. The number of carboxylic acids is 1. The van der Waals surface area contributed by atoms with Crippen LogP contribution in [0.5, 0.6) is 40.2 Å². The Morgan fingerprint density at radius 1 is 0.356 bits per heavy atom. The molecule has 7 rings (SSSR count). The van der Waals surface area contributed by atoms with E-state index in [1.807, 2.05) is 0 Å². The lowest BCUT2D eigenvalue weighted by Crippen LogP contribution is -2.54. The molecule has 0 bridgehead atoms. The Morgan fingerprint density at radius 3 is 0.788 bits per heavy atom. The number of aromatic hydroxyl groups is 2. The van der Waals surface area contributed by atoms with Gasteiger partial charge < -0.3 is 53.2 Å². The van der Waals surface area contributed by atoms with Gasteiger partial charge in [-0.1, -0.05) is 131 Å². The van der Waals surface area contributed by atoms with Crippen molar-refractivity contribution in [2.45, 2.75) is 120 Å². The van der Waals surface area contributed by atoms with E-state index in [0.717, 1.165) is 77.9 Å². The van der Waals surface area contributed by atoms with Gasteiger partial charge in [-0.05, 0) is 161 Å². The maximum Gasteiger partial charge on any atom is 0.411 e. The lowest BCUT2D eigenvalue weighted by Gasteiger charge is -2.38. The van der Waals surface area contributed by atoms with E-state index >= 15 is 0 Å². The molecule has 0 saturated heterocycles. The van der Waals surface area contributed by atoms with Gasteiger partial charge in [0.15, 0.2) is 0 Å². The second-order valence-electron chi connectivity index (χ2n) is 20.6. The largest absolute Gasteiger partial charge is 0.508 e. The summed E-state index contributed by atoms with van der Waals surface area (Å²) < 4.78 is 210. The van der Waals surface area contributed by atoms with E-state index in [9.17, 15) is 81.5 Å². The number of halogens is 12. The molecule has 7 aromatic rings. The van der Waals surface area contributed by atoms with Crippen LogP contribution >= 0.6 is 0 Å². The first kappa shape index (κ1) is 94.8. The summed E-state index contributed by atoms with van der Waals surface area (Å²) >= 11 is 0. The summed E-state index contributed by atoms with van der Waals surface area (Å²) in [6.45, 7) is 13.9. The van der Waals surface area contributed by atoms with Crippen molar-refractivity contribution in [2.24, 2.45) is 0 Å². The molecule has 0 saturated carbocycles. The number of carboxylic acid groups (broad SMARTS) is 1. The first-order valence-electron chi connectivity index (χ1n) is 28.1. The number of carbonyl (C=O) groups is 6. The molecular formula is C75H82F12O17. The van der Waals surface area contributed by atoms with Crippen LogP contribution < -0.4 is 23.7 Å². The zero-order valence-electron chi connectivity index (χ0n) is 51.6. The number of benzene rings is 7. The molecule has 3 N–H and O–H groups in total. The highest BCUT2D eigenvalue weighted by molar-refractivity contribution is 5.82. The number of hydrogen-bond donors (Lipinski definition) is 3. The van der Waals surface area contributed by atoms with Gasteiger partial charge in [0.2, 0.25) is 31.2 Å². The van der Waals surface area contributed by atoms with Gasteiger partial charge >= 0.3 is 60.5 Å². The number of phenolic OH excluding ortho intramolecular Hbond substituents is 2. The topological polar surface area (TPSA) is 237 Å². The summed E-state index contributed by atoms with van der Waals surface area (Å²) in [5.74, 6) is -4.92. The molecule has 0 aliphatic carbocycles. The number of aliphatic carboxylic acids is 1. The van der Waals surface area contributed by atoms with Crippen LogP contribution in [0.15, 0.2) is 190 Å². The highest BCUT2D eigenvalue weighted by Crippen LogP contribution is 2.58. The number of phenols is 2. The highest BCUT2D eigenvalue weighted by Gasteiger charge is 2.73. The highest BCUT2D eigenvalue weighted by atomic mass is 19.4. The Hall–Kier alpha value is -11.3. The van der Waals surface area contributed by atoms with Crippen LogP contribution in [-0.4, -0.2) is 96.2 Å². The number of hydrogen-bond acceptors (Lipinski definition) is 16. The molecule has 0 amide bonds. The summed E-state index contributed by atoms with van der Waals surface area (Å²) in [5.41, 5.74) is -9.74. The van der Waals surface area contributed by atoms with E-state index in [2.05, 4.69) is 24.5 Å². The smallest absolute Gasteiger partial charge is 0.411 e. The van der Waals surface area contributed by atoms with Crippen LogP contribution in [0.3, 0.4) is 0 Å². The molecule has 0 atom stereocenters. The first-order valence-corrected chi connectivity index (χ1v) is 28.1. The predicted octanol–water partition coefficient (Wildman–Crippen LogP) is 18.2. The van der Waals surface area contributed by atoms with Gasteiger partial charge in [-0.25, -0.2) is 14.4 Å². The van der Waals surface area contributed by atoms with Gasteiger partial charge in [-0.2, -0.15) is 52.7 Å². The molecule has 0 spiro atoms. The van der Waals surface area contributed by atoms with Crippen molar-refractivity contribution in [3.8, 4) is 40.2 Å². The van der Waals surface area contributed by atoms with E-state index in [1.54, 1.807) is 51.1 Å². The Labute approximate surface area is 594 Å². The number of aryl methyl sites for hydroxylation is 3. The van der Waals surface area contributed by atoms with Crippen LogP contribution in [-0.2, 0) is 73.1 Å². The van der Waals surface area contributed by atoms with E-state index < -0.39 is 105 Å². The molecule has 0 aliphatic heterocycles. The molecule has 7 aromatic carbocycles. The number of alkyl halides is 12. The van der Waals surface area contributed by atoms with Crippen LogP contribution in [0.2, 0.25) is 0 Å². The zero-order chi connectivity index (χ0) is 73.0. The fraction of sp³-hybridized carbons (Fsp3) is 0.280.